The van der Waals surface area contributed by atoms with E-state index >= 15 is 0 Å². The Labute approximate surface area is 157 Å². The number of benzene rings is 2. The van der Waals surface area contributed by atoms with Gasteiger partial charge >= 0.3 is 158 Å². The first-order chi connectivity index (χ1) is 12.0. The van der Waals surface area contributed by atoms with Gasteiger partial charge in [-0.15, -0.1) is 0 Å². The van der Waals surface area contributed by atoms with E-state index in [1.165, 1.54) is 15.4 Å². The number of hydrogen-bond donors (Lipinski definition) is 0. The Morgan fingerprint density at radius 1 is 1.20 bits per heavy atom. The Morgan fingerprint density at radius 3 is 2.76 bits per heavy atom. The van der Waals surface area contributed by atoms with Crippen LogP contribution in [0.25, 0.3) is 0 Å². The number of ether oxygens (including phenoxy) is 1. The van der Waals surface area contributed by atoms with Gasteiger partial charge in [-0.1, -0.05) is 0 Å². The Kier molecular flexibility index (Phi) is 4.59. The molecule has 5 nitrogen and oxygen atoms in total. The summed E-state index contributed by atoms with van der Waals surface area (Å²) in [7, 11) is -3.20. The molecule has 0 bridgehead atoms. The Morgan fingerprint density at radius 2 is 2.00 bits per heavy atom. The molecular weight excluding hydrogens is 443 g/mol. The molecule has 2 aromatic carbocycles. The minimum atomic E-state index is -3.20. The fourth-order valence-electron chi connectivity index (χ4n) is 3.06. The Balaban J connectivity index is 1.56. The van der Waals surface area contributed by atoms with Gasteiger partial charge in [-0.2, -0.15) is 0 Å². The van der Waals surface area contributed by atoms with E-state index in [4.69, 9.17) is 9.73 Å². The molecule has 2 aliphatic heterocycles. The molecule has 1 unspecified atom stereocenters. The van der Waals surface area contributed by atoms with Crippen molar-refractivity contribution < 1.29 is 13.2 Å². The van der Waals surface area contributed by atoms with Crippen molar-refractivity contribution in [3.63, 3.8) is 0 Å². The normalized spacial score (nSPS) is 20.3. The minimum absolute atomic E-state index is 0.0623. The predicted octanol–water partition coefficient (Wildman–Crippen LogP) is 1.49. The van der Waals surface area contributed by atoms with E-state index < -0.39 is 31.0 Å². The molecule has 25 heavy (non-hydrogen) atoms. The predicted molar refractivity (Wildman–Crippen MR) is 98.7 cm³/mol. The van der Waals surface area contributed by atoms with Gasteiger partial charge in [0.25, 0.3) is 0 Å². The van der Waals surface area contributed by atoms with E-state index in [0.29, 0.717) is 11.5 Å². The molecule has 128 valence electrons. The van der Waals surface area contributed by atoms with Gasteiger partial charge in [0, 0.05) is 0 Å². The van der Waals surface area contributed by atoms with Crippen molar-refractivity contribution >= 4 is 44.1 Å². The van der Waals surface area contributed by atoms with Crippen LogP contribution in [0.1, 0.15) is 11.7 Å². The SMILES string of the molecule is CS(=O)(=O)c1cc[c]2c(c1)N=[C](N1CCOC(c3ccccc3)C1)[Sn]2. The van der Waals surface area contributed by atoms with E-state index in [1.54, 1.807) is 12.1 Å². The van der Waals surface area contributed by atoms with Crippen molar-refractivity contribution in [3.05, 3.63) is 54.1 Å². The molecule has 0 spiro atoms. The molecule has 0 amide bonds. The number of rotatable bonds is 2. The van der Waals surface area contributed by atoms with E-state index in [-0.39, 0.29) is 6.10 Å². The molecule has 2 aromatic rings. The van der Waals surface area contributed by atoms with Crippen LogP contribution in [-0.2, 0) is 14.6 Å². The molecule has 2 heterocycles. The molecule has 0 N–H and O–H groups in total. The van der Waals surface area contributed by atoms with Gasteiger partial charge in [0.15, 0.2) is 0 Å². The van der Waals surface area contributed by atoms with E-state index in [9.17, 15) is 8.42 Å². The summed E-state index contributed by atoms with van der Waals surface area (Å²) in [6.07, 6.45) is 1.30. The fourth-order valence-corrected chi connectivity index (χ4v) is 7.13. The molecular formula is C18H18N2O3SSn. The van der Waals surface area contributed by atoms with Crippen LogP contribution in [0.4, 0.5) is 5.69 Å². The average molecular weight is 461 g/mol. The van der Waals surface area contributed by atoms with Gasteiger partial charge in [0.05, 0.1) is 0 Å². The van der Waals surface area contributed by atoms with Gasteiger partial charge in [-0.25, -0.2) is 0 Å². The standard InChI is InChI=1S/C18H18N2O3S.Sn/c1-24(21,22)17-9-5-8-16(12-17)19-14-20-10-11-23-18(13-20)15-6-3-2-4-7-15;/h2-7,9,12,18H,10-11,13H2,1H3;. The summed E-state index contributed by atoms with van der Waals surface area (Å²) >= 11 is -0.993. The van der Waals surface area contributed by atoms with Crippen LogP contribution in [0, 0.1) is 0 Å². The number of nitrogens with zero attached hydrogens (tertiary/aromatic N) is 2. The number of sulfone groups is 1. The number of hydrogen-bond acceptors (Lipinski definition) is 5. The van der Waals surface area contributed by atoms with Crippen LogP contribution in [0.5, 0.6) is 0 Å². The van der Waals surface area contributed by atoms with Gasteiger partial charge in [-0.05, 0) is 0 Å². The van der Waals surface area contributed by atoms with Crippen LogP contribution >= 0.6 is 0 Å². The molecule has 0 aliphatic carbocycles. The third-order valence-corrected chi connectivity index (χ3v) is 9.35. The third kappa shape index (κ3) is 3.61. The Bertz CT molecular complexity index is 929. The third-order valence-electron chi connectivity index (χ3n) is 4.41. The molecule has 1 fully saturated rings. The van der Waals surface area contributed by atoms with Crippen molar-refractivity contribution in [2.75, 3.05) is 26.0 Å². The topological polar surface area (TPSA) is 59.0 Å². The van der Waals surface area contributed by atoms with E-state index in [2.05, 4.69) is 17.0 Å². The van der Waals surface area contributed by atoms with Crippen molar-refractivity contribution in [2.45, 2.75) is 11.0 Å². The molecule has 2 aliphatic rings. The van der Waals surface area contributed by atoms with Crippen molar-refractivity contribution in [3.8, 4) is 0 Å². The van der Waals surface area contributed by atoms with Crippen LogP contribution in [0.2, 0.25) is 0 Å². The van der Waals surface area contributed by atoms with Crippen LogP contribution in [0.15, 0.2) is 58.4 Å². The maximum absolute atomic E-state index is 11.8. The zero-order valence-electron chi connectivity index (χ0n) is 13.8. The summed E-state index contributed by atoms with van der Waals surface area (Å²) in [6, 6.07) is 15.6. The first-order valence-electron chi connectivity index (χ1n) is 8.12. The summed E-state index contributed by atoms with van der Waals surface area (Å²) in [5, 5.41) is 0. The summed E-state index contributed by atoms with van der Waals surface area (Å²) in [6.45, 7) is 2.33. The average Bonchev–Trinajstić information content (AvgIpc) is 3.05. The van der Waals surface area contributed by atoms with Crippen LogP contribution in [0.3, 0.4) is 0 Å². The first kappa shape index (κ1) is 17.1. The van der Waals surface area contributed by atoms with E-state index in [1.807, 2.05) is 24.3 Å². The molecule has 4 rings (SSSR count). The first-order valence-corrected chi connectivity index (χ1v) is 12.9. The summed E-state index contributed by atoms with van der Waals surface area (Å²) in [4.78, 5) is 7.45. The molecule has 7 heteroatoms. The van der Waals surface area contributed by atoms with Crippen molar-refractivity contribution in [2.24, 2.45) is 4.99 Å². The van der Waals surface area contributed by atoms with E-state index in [0.717, 1.165) is 22.6 Å². The Hall–Kier alpha value is -1.38. The van der Waals surface area contributed by atoms with Gasteiger partial charge < -0.3 is 0 Å². The van der Waals surface area contributed by atoms with Gasteiger partial charge in [-0.3, -0.25) is 0 Å². The number of amidine groups is 1. The van der Waals surface area contributed by atoms with Crippen LogP contribution in [-0.4, -0.2) is 64.3 Å². The maximum atomic E-state index is 11.8. The number of aliphatic imine (C=N–C) groups is 1. The number of morpholine rings is 1. The fraction of sp³-hybridized carbons (Fsp3) is 0.278. The molecule has 1 saturated heterocycles. The second kappa shape index (κ2) is 6.73. The van der Waals surface area contributed by atoms with Gasteiger partial charge in [0.1, 0.15) is 0 Å². The molecule has 1 atom stereocenters. The monoisotopic (exact) mass is 462 g/mol. The zero-order valence-corrected chi connectivity index (χ0v) is 17.5. The zero-order chi connectivity index (χ0) is 17.4. The molecule has 0 saturated carbocycles. The second-order valence-corrected chi connectivity index (χ2v) is 11.8. The summed E-state index contributed by atoms with van der Waals surface area (Å²) in [5.41, 5.74) is 2.03. The number of fused-ring (bicyclic) bond motifs is 1. The molecule has 2 radical (unpaired) electrons. The van der Waals surface area contributed by atoms with Crippen molar-refractivity contribution in [1.82, 2.24) is 4.90 Å². The van der Waals surface area contributed by atoms with Crippen LogP contribution < -0.4 is 3.58 Å². The summed E-state index contributed by atoms with van der Waals surface area (Å²) < 4.78 is 31.9. The molecule has 0 aromatic heterocycles. The summed E-state index contributed by atoms with van der Waals surface area (Å²) in [5.74, 6) is 0. The van der Waals surface area contributed by atoms with Gasteiger partial charge in [0.2, 0.25) is 0 Å². The van der Waals surface area contributed by atoms with Crippen molar-refractivity contribution in [1.29, 1.82) is 0 Å². The quantitative estimate of drug-likeness (QED) is 0.637. The second-order valence-electron chi connectivity index (χ2n) is 6.23.